The molecule has 372 valence electrons. The Morgan fingerprint density at radius 3 is 2.03 bits per heavy atom. The van der Waals surface area contributed by atoms with E-state index in [4.69, 9.17) is 5.73 Å². The molecule has 67 heavy (non-hydrogen) atoms. The van der Waals surface area contributed by atoms with E-state index in [2.05, 4.69) is 121 Å². The first kappa shape index (κ1) is 60.3. The van der Waals surface area contributed by atoms with Gasteiger partial charge in [0.15, 0.2) is 0 Å². The van der Waals surface area contributed by atoms with E-state index in [9.17, 15) is 14.0 Å². The number of nitrogens with one attached hydrogen (secondary N) is 2. The van der Waals surface area contributed by atoms with Crippen LogP contribution in [0.2, 0.25) is 0 Å². The van der Waals surface area contributed by atoms with Crippen LogP contribution in [0.5, 0.6) is 0 Å². The molecule has 8 nitrogen and oxygen atoms in total. The minimum atomic E-state index is -0.296. The smallest absolute Gasteiger partial charge is 0.150 e. The van der Waals surface area contributed by atoms with Crippen molar-refractivity contribution >= 4 is 23.7 Å². The Kier molecular flexibility index (Phi) is 31.9. The van der Waals surface area contributed by atoms with E-state index in [1.807, 2.05) is 60.9 Å². The van der Waals surface area contributed by atoms with E-state index in [1.165, 1.54) is 30.9 Å². The third-order valence-corrected chi connectivity index (χ3v) is 12.1. The molecule has 3 aromatic rings. The average molecular weight is 923 g/mol. The molecule has 2 unspecified atom stereocenters. The van der Waals surface area contributed by atoms with Crippen molar-refractivity contribution in [2.75, 3.05) is 67.0 Å². The summed E-state index contributed by atoms with van der Waals surface area (Å²) >= 11 is 0. The number of likely N-dealkylation sites (tertiary alicyclic amines) is 1. The summed E-state index contributed by atoms with van der Waals surface area (Å²) in [5.74, 6) is 1.58. The van der Waals surface area contributed by atoms with Gasteiger partial charge >= 0.3 is 0 Å². The van der Waals surface area contributed by atoms with E-state index in [0.717, 1.165) is 135 Å². The van der Waals surface area contributed by atoms with Gasteiger partial charge in [-0.15, -0.1) is 6.58 Å². The number of nitrogens with zero attached hydrogens (tertiary/aromatic N) is 3. The van der Waals surface area contributed by atoms with Crippen LogP contribution >= 0.6 is 0 Å². The minimum Gasteiger partial charge on any atom is -0.356 e. The standard InChI is InChI=1S/C45H60FN5O.C7H12O.C2H7N.2C2H6/c1-6-42-40(32-52)30-41(46)31-43(42)38-20-23-50(24-21-38)22-12-8-9-13-36-16-18-37(19-17-36)33(2)29-44(51-27-25-49(5)26-28-51)48-35(4)45(34(3)47)39-14-10-7-11-15-39;1-3-7(2)5-4-6-8;1-3-2;2*1-2/h7,10-11,14-19,29-32,34,38,48H,2,6,8-9,12-13,20-28,47H2,1,3-5H3;3,6-7H,1,4-5H2,2H3;3H,1-2H3;2*1-2H3/b44-29+,45-35+;;;;. The van der Waals surface area contributed by atoms with Gasteiger partial charge in [0.25, 0.3) is 0 Å². The lowest BCUT2D eigenvalue weighted by atomic mass is 9.84. The molecule has 2 atom stereocenters. The second kappa shape index (κ2) is 35.5. The lowest BCUT2D eigenvalue weighted by Gasteiger charge is -2.36. The van der Waals surface area contributed by atoms with E-state index >= 15 is 0 Å². The van der Waals surface area contributed by atoms with Crippen LogP contribution < -0.4 is 16.4 Å². The van der Waals surface area contributed by atoms with E-state index in [0.29, 0.717) is 23.8 Å². The molecule has 2 aliphatic heterocycles. The molecule has 4 N–H and O–H groups in total. The molecule has 2 aliphatic rings. The third-order valence-electron chi connectivity index (χ3n) is 12.1. The number of carbonyl (C=O) groups excluding carboxylic acids is 2. The molecule has 3 aromatic carbocycles. The van der Waals surface area contributed by atoms with Crippen molar-refractivity contribution in [2.45, 2.75) is 125 Å². The van der Waals surface area contributed by atoms with E-state index in [1.54, 1.807) is 6.07 Å². The van der Waals surface area contributed by atoms with Crippen molar-refractivity contribution in [1.82, 2.24) is 25.3 Å². The van der Waals surface area contributed by atoms with Crippen LogP contribution in [0.4, 0.5) is 4.39 Å². The first-order chi connectivity index (χ1) is 32.4. The number of likely N-dealkylation sites (N-methyl/N-ethyl adjacent to an activating group) is 1. The predicted octanol–water partition coefficient (Wildman–Crippen LogP) is 11.9. The Morgan fingerprint density at radius 1 is 0.881 bits per heavy atom. The number of allylic oxidation sites excluding steroid dienone is 4. The number of halogens is 1. The largest absolute Gasteiger partial charge is 0.356 e. The molecule has 0 radical (unpaired) electrons. The van der Waals surface area contributed by atoms with Gasteiger partial charge in [0, 0.05) is 49.9 Å². The van der Waals surface area contributed by atoms with Crippen LogP contribution in [0.25, 0.3) is 11.1 Å². The number of rotatable bonds is 20. The highest BCUT2D eigenvalue weighted by molar-refractivity contribution is 5.78. The number of carbonyl (C=O) groups is 2. The zero-order chi connectivity index (χ0) is 50.1. The zero-order valence-electron chi connectivity index (χ0n) is 43.7. The maximum Gasteiger partial charge on any atom is 0.150 e. The molecule has 0 amide bonds. The number of aryl methyl sites for hydroxylation is 1. The SMILES string of the molecule is C=C(/C=C(\N/C(C)=C(/c1ccccc1)C(C)N)N1CCN(C)CC1)c1ccc(CCCCCN2CCC(c3cc(F)cc(C=O)c3CC)CC2)cc1.C=CC(C)CCC=O.CC.CC.CNC. The van der Waals surface area contributed by atoms with Gasteiger partial charge in [-0.2, -0.15) is 0 Å². The molecule has 2 saturated heterocycles. The minimum absolute atomic E-state index is 0.112. The fourth-order valence-corrected chi connectivity index (χ4v) is 8.40. The average Bonchev–Trinajstić information content (AvgIpc) is 3.35. The van der Waals surface area contributed by atoms with Gasteiger partial charge in [-0.1, -0.05) is 115 Å². The maximum atomic E-state index is 14.2. The fraction of sp³-hybridized carbons (Fsp3) is 0.517. The number of benzene rings is 3. The highest BCUT2D eigenvalue weighted by atomic mass is 19.1. The number of piperidine rings is 1. The number of hydrogen-bond acceptors (Lipinski definition) is 8. The molecule has 2 heterocycles. The quantitative estimate of drug-likeness (QED) is 0.0447. The Morgan fingerprint density at radius 2 is 1.49 bits per heavy atom. The summed E-state index contributed by atoms with van der Waals surface area (Å²) in [5, 5.41) is 6.51. The second-order valence-electron chi connectivity index (χ2n) is 17.3. The van der Waals surface area contributed by atoms with Crippen molar-refractivity contribution < 1.29 is 14.0 Å². The first-order valence-corrected chi connectivity index (χ1v) is 25.3. The summed E-state index contributed by atoms with van der Waals surface area (Å²) in [7, 11) is 5.93. The lowest BCUT2D eigenvalue weighted by molar-refractivity contribution is -0.108. The summed E-state index contributed by atoms with van der Waals surface area (Å²) < 4.78 is 14.2. The van der Waals surface area contributed by atoms with Crippen molar-refractivity contribution in [2.24, 2.45) is 11.7 Å². The van der Waals surface area contributed by atoms with Crippen LogP contribution in [0.3, 0.4) is 0 Å². The van der Waals surface area contributed by atoms with Gasteiger partial charge in [-0.05, 0) is 169 Å². The van der Waals surface area contributed by atoms with Crippen LogP contribution in [0.15, 0.2) is 104 Å². The molecule has 0 spiro atoms. The molecule has 0 saturated carbocycles. The van der Waals surface area contributed by atoms with Crippen molar-refractivity contribution in [1.29, 1.82) is 0 Å². The predicted molar refractivity (Wildman–Crippen MR) is 288 cm³/mol. The normalized spacial score (nSPS) is 15.5. The Hall–Kier alpha value is -4.67. The van der Waals surface area contributed by atoms with Gasteiger partial charge in [-0.3, -0.25) is 4.79 Å². The van der Waals surface area contributed by atoms with Crippen molar-refractivity contribution in [3.63, 3.8) is 0 Å². The second-order valence-corrected chi connectivity index (χ2v) is 17.3. The summed E-state index contributed by atoms with van der Waals surface area (Å²) in [6, 6.07) is 22.3. The maximum absolute atomic E-state index is 14.2. The number of aldehydes is 2. The Labute approximate surface area is 408 Å². The molecule has 0 aliphatic carbocycles. The summed E-state index contributed by atoms with van der Waals surface area (Å²) in [5.41, 5.74) is 15.9. The lowest BCUT2D eigenvalue weighted by Crippen LogP contribution is -2.46. The Balaban J connectivity index is 0.00000131. The van der Waals surface area contributed by atoms with Crippen LogP contribution in [0.1, 0.15) is 144 Å². The monoisotopic (exact) mass is 923 g/mol. The first-order valence-electron chi connectivity index (χ1n) is 25.3. The molecular formula is C58H91FN6O2. The Bertz CT molecular complexity index is 1890. The third kappa shape index (κ3) is 21.9. The molecule has 5 rings (SSSR count). The summed E-state index contributed by atoms with van der Waals surface area (Å²) in [6.45, 7) is 31.5. The van der Waals surface area contributed by atoms with E-state index < -0.39 is 0 Å². The topological polar surface area (TPSA) is 93.9 Å². The van der Waals surface area contributed by atoms with Crippen molar-refractivity contribution in [3.05, 3.63) is 143 Å². The fourth-order valence-electron chi connectivity index (χ4n) is 8.40. The molecular weight excluding hydrogens is 832 g/mol. The highest BCUT2D eigenvalue weighted by Crippen LogP contribution is 2.33. The summed E-state index contributed by atoms with van der Waals surface area (Å²) in [6.07, 6.45) is 14.8. The van der Waals surface area contributed by atoms with Gasteiger partial charge < -0.3 is 35.9 Å². The van der Waals surface area contributed by atoms with Crippen LogP contribution in [0, 0.1) is 11.7 Å². The summed E-state index contributed by atoms with van der Waals surface area (Å²) in [4.78, 5) is 28.7. The molecule has 9 heteroatoms. The van der Waals surface area contributed by atoms with E-state index in [-0.39, 0.29) is 11.9 Å². The number of unbranched alkanes of at least 4 members (excludes halogenated alkanes) is 2. The molecule has 0 aromatic heterocycles. The van der Waals surface area contributed by atoms with Crippen LogP contribution in [-0.2, 0) is 17.6 Å². The molecule has 2 fully saturated rings. The number of nitrogens with two attached hydrogens (primary N) is 1. The van der Waals surface area contributed by atoms with Gasteiger partial charge in [-0.25, -0.2) is 4.39 Å². The van der Waals surface area contributed by atoms with Gasteiger partial charge in [0.05, 0.1) is 0 Å². The number of piperazine rings is 1. The van der Waals surface area contributed by atoms with Gasteiger partial charge in [0.2, 0.25) is 0 Å². The zero-order valence-corrected chi connectivity index (χ0v) is 43.7. The molecule has 0 bridgehead atoms. The van der Waals surface area contributed by atoms with Gasteiger partial charge in [0.1, 0.15) is 24.2 Å². The highest BCUT2D eigenvalue weighted by Gasteiger charge is 2.24. The van der Waals surface area contributed by atoms with Crippen LogP contribution in [-0.4, -0.2) is 100 Å². The number of hydrogen-bond donors (Lipinski definition) is 3. The van der Waals surface area contributed by atoms with Crippen molar-refractivity contribution in [3.8, 4) is 0 Å².